The number of aliphatic hydroxyl groups excluding tert-OH is 4. The van der Waals surface area contributed by atoms with E-state index in [-0.39, 0.29) is 77.8 Å². The first-order chi connectivity index (χ1) is 29.8. The molecular formula is C43H47N5O14. The zero-order valence-electron chi connectivity index (χ0n) is 33.2. The minimum atomic E-state index is -2.49. The number of carbonyl (C=O) groups excluding carboxylic acids is 4. The van der Waals surface area contributed by atoms with Crippen LogP contribution in [0.5, 0.6) is 11.5 Å². The van der Waals surface area contributed by atoms with E-state index < -0.39 is 97.5 Å². The third-order valence-corrected chi connectivity index (χ3v) is 13.0. The number of nitrogens with two attached hydrogens (primary N) is 1. The lowest BCUT2D eigenvalue weighted by molar-refractivity contribution is -0.381. The van der Waals surface area contributed by atoms with Crippen LogP contribution in [0.4, 0.5) is 5.69 Å². The van der Waals surface area contributed by atoms with Gasteiger partial charge in [0.1, 0.15) is 55.8 Å². The lowest BCUT2D eigenvalue weighted by Gasteiger charge is -2.59. The Morgan fingerprint density at radius 2 is 1.84 bits per heavy atom. The number of ether oxygens (including phenoxy) is 4. The van der Waals surface area contributed by atoms with E-state index in [1.165, 1.54) is 30.5 Å². The van der Waals surface area contributed by atoms with E-state index in [9.17, 15) is 49.8 Å². The van der Waals surface area contributed by atoms with Crippen molar-refractivity contribution >= 4 is 29.4 Å². The normalized spacial score (nSPS) is 32.8. The summed E-state index contributed by atoms with van der Waals surface area (Å²) in [6.45, 7) is -1.84. The Morgan fingerprint density at radius 1 is 1.03 bits per heavy atom. The molecule has 3 aromatic rings. The molecule has 2 aliphatic carbocycles. The van der Waals surface area contributed by atoms with E-state index in [4.69, 9.17) is 24.7 Å². The summed E-state index contributed by atoms with van der Waals surface area (Å²) >= 11 is 0. The lowest BCUT2D eigenvalue weighted by Crippen LogP contribution is -2.78. The molecule has 6 aliphatic rings. The highest BCUT2D eigenvalue weighted by Gasteiger charge is 2.69. The van der Waals surface area contributed by atoms with Gasteiger partial charge in [0, 0.05) is 52.8 Å². The van der Waals surface area contributed by atoms with Crippen LogP contribution in [0.1, 0.15) is 73.7 Å². The standard InChI is InChI=1S/C43H47N5O14/c44-41-46-37-32(38(55)47-41)45-19-48(37)29-4-2-1-3-24(29)23-9-12-59-18-30-42(57)10-7-21(16-51)43(58,39(42)56)40(61-30)62-35-27(23)14-28-31(36(35)60-17-22(52)8-11-49)34(54)26-13-20(15-50)5-6-25(26)33(28)53/h1-6,9,11-14,21-23,30,32,37,39-41,45-46,50-52,56-58H,7-8,10,15-19,44H2,(H,47,55). The van der Waals surface area contributed by atoms with Gasteiger partial charge in [-0.25, -0.2) is 0 Å². The SMILES string of the molecule is NC1NC(=O)C2NCN(c3ccccc3C3C=COCC4OC(Oc5c3cc3c(c5OCC(O)CC=O)C(=O)c5cc(CO)ccc5C3=O)C3(O)C(CO)CCC4(O)C3O)C2N1. The number of ketones is 2. The van der Waals surface area contributed by atoms with Crippen LogP contribution >= 0.6 is 0 Å². The molecule has 4 fully saturated rings. The van der Waals surface area contributed by atoms with Gasteiger partial charge < -0.3 is 64.6 Å². The molecule has 0 aromatic heterocycles. The number of aldehydes is 1. The average Bonchev–Trinajstić information content (AvgIpc) is 3.68. The molecule has 4 bridgehead atoms. The summed E-state index contributed by atoms with van der Waals surface area (Å²) in [4.78, 5) is 55.8. The second kappa shape index (κ2) is 16.1. The van der Waals surface area contributed by atoms with Crippen molar-refractivity contribution in [3.05, 3.63) is 99.8 Å². The number of hydrogen-bond acceptors (Lipinski definition) is 18. The van der Waals surface area contributed by atoms with Crippen molar-refractivity contribution in [3.8, 4) is 11.5 Å². The van der Waals surface area contributed by atoms with Crippen LogP contribution < -0.4 is 36.1 Å². The summed E-state index contributed by atoms with van der Waals surface area (Å²) in [6.07, 6.45) is -5.00. The molecule has 19 nitrogen and oxygen atoms in total. The number of aliphatic hydroxyl groups is 6. The summed E-state index contributed by atoms with van der Waals surface area (Å²) in [5.74, 6) is -4.39. The maximum atomic E-state index is 14.8. The molecule has 1 amide bonds. The van der Waals surface area contributed by atoms with Gasteiger partial charge in [0.25, 0.3) is 0 Å². The fraction of sp³-hybridized carbons (Fsp3) is 0.442. The van der Waals surface area contributed by atoms with Crippen LogP contribution in [0.3, 0.4) is 0 Å². The van der Waals surface area contributed by atoms with Crippen molar-refractivity contribution in [1.82, 2.24) is 16.0 Å². The van der Waals surface area contributed by atoms with Crippen molar-refractivity contribution in [2.24, 2.45) is 11.7 Å². The predicted molar refractivity (Wildman–Crippen MR) is 214 cm³/mol. The van der Waals surface area contributed by atoms with Crippen LogP contribution in [0, 0.1) is 5.92 Å². The Labute approximate surface area is 354 Å². The van der Waals surface area contributed by atoms with E-state index in [1.807, 2.05) is 11.0 Å². The molecule has 11 unspecified atom stereocenters. The monoisotopic (exact) mass is 857 g/mol. The van der Waals surface area contributed by atoms with E-state index in [0.29, 0.717) is 23.1 Å². The second-order valence-corrected chi connectivity index (χ2v) is 16.5. The third kappa shape index (κ3) is 6.59. The molecule has 3 saturated heterocycles. The largest absolute Gasteiger partial charge is 0.499 e. The first-order valence-electron chi connectivity index (χ1n) is 20.4. The molecule has 62 heavy (non-hydrogen) atoms. The van der Waals surface area contributed by atoms with Gasteiger partial charge in [-0.05, 0) is 54.3 Å². The molecule has 11 N–H and O–H groups in total. The number of rotatable bonds is 9. The number of nitrogens with one attached hydrogen (secondary N) is 3. The number of fused-ring (bicyclic) bond motifs is 10. The Kier molecular flexibility index (Phi) is 10.9. The Balaban J connectivity index is 1.30. The number of para-hydroxylation sites is 1. The molecule has 0 spiro atoms. The minimum Gasteiger partial charge on any atom is -0.499 e. The van der Waals surface area contributed by atoms with Gasteiger partial charge in [-0.2, -0.15) is 0 Å². The molecule has 328 valence electrons. The van der Waals surface area contributed by atoms with Crippen molar-refractivity contribution < 1.29 is 68.8 Å². The fourth-order valence-electron chi connectivity index (χ4n) is 9.73. The van der Waals surface area contributed by atoms with E-state index in [2.05, 4.69) is 16.0 Å². The highest BCUT2D eigenvalue weighted by atomic mass is 16.7. The van der Waals surface area contributed by atoms with Crippen LogP contribution in [-0.2, 0) is 25.7 Å². The lowest BCUT2D eigenvalue weighted by atomic mass is 9.62. The minimum absolute atomic E-state index is 0.0309. The van der Waals surface area contributed by atoms with Crippen molar-refractivity contribution in [3.63, 3.8) is 0 Å². The van der Waals surface area contributed by atoms with E-state index >= 15 is 0 Å². The maximum absolute atomic E-state index is 14.8. The predicted octanol–water partition coefficient (Wildman–Crippen LogP) is -1.69. The molecule has 19 heteroatoms. The highest BCUT2D eigenvalue weighted by Crippen LogP contribution is 2.53. The zero-order valence-corrected chi connectivity index (χ0v) is 33.2. The Hall–Kier alpha value is -5.32. The summed E-state index contributed by atoms with van der Waals surface area (Å²) < 4.78 is 25.4. The molecule has 11 atom stereocenters. The number of anilines is 1. The second-order valence-electron chi connectivity index (χ2n) is 16.5. The number of carbonyl (C=O) groups is 4. The van der Waals surface area contributed by atoms with E-state index in [1.54, 1.807) is 24.3 Å². The molecule has 3 aromatic carbocycles. The average molecular weight is 858 g/mol. The fourth-order valence-corrected chi connectivity index (χ4v) is 9.73. The van der Waals surface area contributed by atoms with Crippen molar-refractivity contribution in [1.29, 1.82) is 0 Å². The van der Waals surface area contributed by atoms with Crippen LogP contribution in [0.15, 0.2) is 60.9 Å². The Morgan fingerprint density at radius 3 is 2.61 bits per heavy atom. The molecule has 9 rings (SSSR count). The summed E-state index contributed by atoms with van der Waals surface area (Å²) in [5.41, 5.74) is 2.76. The van der Waals surface area contributed by atoms with Crippen molar-refractivity contribution in [2.45, 2.75) is 86.1 Å². The van der Waals surface area contributed by atoms with Crippen LogP contribution in [-0.4, -0.2) is 135 Å². The number of hydrogen-bond donors (Lipinski definition) is 10. The molecule has 4 aliphatic heterocycles. The number of nitrogens with zero attached hydrogens (tertiary/aromatic N) is 1. The number of allylic oxidation sites excluding steroid dienone is 1. The van der Waals surface area contributed by atoms with Gasteiger partial charge in [0.15, 0.2) is 28.7 Å². The topological polar surface area (TPSA) is 292 Å². The number of amides is 1. The van der Waals surface area contributed by atoms with Gasteiger partial charge in [-0.1, -0.05) is 24.3 Å². The van der Waals surface area contributed by atoms with Crippen LogP contribution in [0.25, 0.3) is 0 Å². The van der Waals surface area contributed by atoms with Crippen LogP contribution in [0.2, 0.25) is 0 Å². The van der Waals surface area contributed by atoms with Crippen molar-refractivity contribution in [2.75, 3.05) is 31.4 Å². The molecule has 0 radical (unpaired) electrons. The van der Waals surface area contributed by atoms with Gasteiger partial charge in [-0.3, -0.25) is 30.8 Å². The summed E-state index contributed by atoms with van der Waals surface area (Å²) in [6, 6.07) is 12.2. The first-order valence-corrected chi connectivity index (χ1v) is 20.4. The summed E-state index contributed by atoms with van der Waals surface area (Å²) in [5, 5.41) is 76.7. The zero-order chi connectivity index (χ0) is 43.7. The molecule has 4 heterocycles. The van der Waals surface area contributed by atoms with Gasteiger partial charge in [0.05, 0.1) is 31.2 Å². The Bertz CT molecular complexity index is 2340. The highest BCUT2D eigenvalue weighted by molar-refractivity contribution is 6.29. The molecule has 1 saturated carbocycles. The molecular weight excluding hydrogens is 810 g/mol. The van der Waals surface area contributed by atoms with Gasteiger partial charge >= 0.3 is 0 Å². The van der Waals surface area contributed by atoms with E-state index in [0.717, 1.165) is 0 Å². The third-order valence-electron chi connectivity index (χ3n) is 13.0. The quantitative estimate of drug-likeness (QED) is 0.0841. The number of benzene rings is 3. The first kappa shape index (κ1) is 42.0. The summed E-state index contributed by atoms with van der Waals surface area (Å²) in [7, 11) is 0. The maximum Gasteiger partial charge on any atom is 0.242 e. The smallest absolute Gasteiger partial charge is 0.242 e. The van der Waals surface area contributed by atoms with Gasteiger partial charge in [-0.15, -0.1) is 0 Å². The van der Waals surface area contributed by atoms with Gasteiger partial charge in [0.2, 0.25) is 12.2 Å².